The fourth-order valence-electron chi connectivity index (χ4n) is 2.60. The van der Waals surface area contributed by atoms with E-state index in [0.29, 0.717) is 11.6 Å². The van der Waals surface area contributed by atoms with Crippen LogP contribution in [0.2, 0.25) is 0 Å². The second-order valence-corrected chi connectivity index (χ2v) is 5.69. The van der Waals surface area contributed by atoms with Gasteiger partial charge in [-0.1, -0.05) is 24.3 Å². The number of benzene rings is 1. The highest BCUT2D eigenvalue weighted by Gasteiger charge is 2.14. The lowest BCUT2D eigenvalue weighted by atomic mass is 10.2. The van der Waals surface area contributed by atoms with Gasteiger partial charge in [-0.25, -0.2) is 14.5 Å². The first-order valence-corrected chi connectivity index (χ1v) is 8.34. The maximum absolute atomic E-state index is 12.4. The van der Waals surface area contributed by atoms with E-state index in [0.717, 1.165) is 16.9 Å². The van der Waals surface area contributed by atoms with Crippen molar-refractivity contribution in [2.24, 2.45) is 0 Å². The second-order valence-electron chi connectivity index (χ2n) is 5.69. The van der Waals surface area contributed by atoms with Crippen LogP contribution in [0.1, 0.15) is 0 Å². The molecular formula is C20H16N6O. The molecule has 3 aromatic heterocycles. The SMILES string of the molecule is O=C(Nc1ccccn1)Nc1cc(-c2ccncc2)nn1-c1ccccc1. The summed E-state index contributed by atoms with van der Waals surface area (Å²) in [5, 5.41) is 10.2. The zero-order valence-electron chi connectivity index (χ0n) is 14.3. The van der Waals surface area contributed by atoms with Crippen molar-refractivity contribution >= 4 is 17.7 Å². The standard InChI is InChI=1S/C20H16N6O/c27-20(23-18-8-4-5-11-22-18)24-19-14-17(15-9-12-21-13-10-15)25-26(19)16-6-2-1-3-7-16/h1-14H,(H2,22,23,24,27). The Kier molecular flexibility index (Phi) is 4.57. The highest BCUT2D eigenvalue weighted by Crippen LogP contribution is 2.24. The van der Waals surface area contributed by atoms with Gasteiger partial charge in [0.25, 0.3) is 0 Å². The normalized spacial score (nSPS) is 10.4. The number of para-hydroxylation sites is 1. The molecule has 27 heavy (non-hydrogen) atoms. The number of hydrogen-bond acceptors (Lipinski definition) is 4. The summed E-state index contributed by atoms with van der Waals surface area (Å²) in [6, 6.07) is 20.1. The lowest BCUT2D eigenvalue weighted by Gasteiger charge is -2.09. The third kappa shape index (κ3) is 3.82. The van der Waals surface area contributed by atoms with Gasteiger partial charge < -0.3 is 0 Å². The summed E-state index contributed by atoms with van der Waals surface area (Å²) in [5.41, 5.74) is 2.48. The van der Waals surface area contributed by atoms with Gasteiger partial charge in [0, 0.05) is 30.2 Å². The van der Waals surface area contributed by atoms with Crippen LogP contribution < -0.4 is 10.6 Å². The summed E-state index contributed by atoms with van der Waals surface area (Å²) in [5.74, 6) is 1.01. The van der Waals surface area contributed by atoms with Crippen LogP contribution in [0.25, 0.3) is 16.9 Å². The average Bonchev–Trinajstić information content (AvgIpc) is 3.14. The lowest BCUT2D eigenvalue weighted by Crippen LogP contribution is -2.21. The number of nitrogens with zero attached hydrogens (tertiary/aromatic N) is 4. The van der Waals surface area contributed by atoms with Gasteiger partial charge in [0.1, 0.15) is 11.6 Å². The number of carbonyl (C=O) groups excluding carboxylic acids is 1. The first-order valence-electron chi connectivity index (χ1n) is 8.34. The summed E-state index contributed by atoms with van der Waals surface area (Å²) in [6.45, 7) is 0. The molecule has 3 heterocycles. The topological polar surface area (TPSA) is 84.7 Å². The van der Waals surface area contributed by atoms with Crippen LogP contribution in [0.3, 0.4) is 0 Å². The molecule has 1 aromatic carbocycles. The molecule has 0 saturated carbocycles. The van der Waals surface area contributed by atoms with Crippen LogP contribution in [0.15, 0.2) is 85.3 Å². The number of rotatable bonds is 4. The van der Waals surface area contributed by atoms with Crippen molar-refractivity contribution in [3.05, 3.63) is 85.3 Å². The molecule has 132 valence electrons. The maximum atomic E-state index is 12.4. The Bertz CT molecular complexity index is 1030. The van der Waals surface area contributed by atoms with Crippen LogP contribution in [-0.4, -0.2) is 25.8 Å². The molecule has 4 rings (SSSR count). The molecule has 0 saturated heterocycles. The largest absolute Gasteiger partial charge is 0.326 e. The van der Waals surface area contributed by atoms with E-state index < -0.39 is 6.03 Å². The molecular weight excluding hydrogens is 340 g/mol. The smallest absolute Gasteiger partial charge is 0.292 e. The third-order valence-electron chi connectivity index (χ3n) is 3.83. The predicted octanol–water partition coefficient (Wildman–Crippen LogP) is 3.97. The molecule has 0 unspecified atom stereocenters. The number of aromatic nitrogens is 4. The summed E-state index contributed by atoms with van der Waals surface area (Å²) in [4.78, 5) is 20.5. The lowest BCUT2D eigenvalue weighted by molar-refractivity contribution is 0.262. The van der Waals surface area contributed by atoms with E-state index in [1.165, 1.54) is 0 Å². The van der Waals surface area contributed by atoms with E-state index in [-0.39, 0.29) is 0 Å². The van der Waals surface area contributed by atoms with Crippen LogP contribution in [0, 0.1) is 0 Å². The Balaban J connectivity index is 1.66. The maximum Gasteiger partial charge on any atom is 0.326 e. The van der Waals surface area contributed by atoms with Gasteiger partial charge in [0.2, 0.25) is 0 Å². The highest BCUT2D eigenvalue weighted by molar-refractivity contribution is 5.99. The molecule has 0 aliphatic rings. The summed E-state index contributed by atoms with van der Waals surface area (Å²) >= 11 is 0. The first-order chi connectivity index (χ1) is 13.3. The summed E-state index contributed by atoms with van der Waals surface area (Å²) < 4.78 is 1.69. The van der Waals surface area contributed by atoms with Gasteiger partial charge in [0.05, 0.1) is 11.4 Å². The van der Waals surface area contributed by atoms with Crippen LogP contribution in [0.5, 0.6) is 0 Å². The number of hydrogen-bond donors (Lipinski definition) is 2. The van der Waals surface area contributed by atoms with Crippen molar-refractivity contribution in [1.29, 1.82) is 0 Å². The first kappa shape index (κ1) is 16.5. The van der Waals surface area contributed by atoms with Crippen molar-refractivity contribution < 1.29 is 4.79 Å². The van der Waals surface area contributed by atoms with Gasteiger partial charge in [-0.3, -0.25) is 15.6 Å². The van der Waals surface area contributed by atoms with E-state index >= 15 is 0 Å². The molecule has 2 N–H and O–H groups in total. The zero-order chi connectivity index (χ0) is 18.5. The number of anilines is 2. The van der Waals surface area contributed by atoms with E-state index in [1.807, 2.05) is 48.5 Å². The molecule has 4 aromatic rings. The van der Waals surface area contributed by atoms with Gasteiger partial charge in [-0.2, -0.15) is 5.10 Å². The van der Waals surface area contributed by atoms with Crippen molar-refractivity contribution in [3.8, 4) is 16.9 Å². The second kappa shape index (κ2) is 7.49. The van der Waals surface area contributed by atoms with Crippen molar-refractivity contribution in [2.75, 3.05) is 10.6 Å². The summed E-state index contributed by atoms with van der Waals surface area (Å²) in [7, 11) is 0. The van der Waals surface area contributed by atoms with Crippen LogP contribution in [-0.2, 0) is 0 Å². The molecule has 0 fully saturated rings. The van der Waals surface area contributed by atoms with E-state index in [9.17, 15) is 4.79 Å². The van der Waals surface area contributed by atoms with Crippen LogP contribution in [0.4, 0.5) is 16.4 Å². The zero-order valence-corrected chi connectivity index (χ0v) is 14.3. The highest BCUT2D eigenvalue weighted by atomic mass is 16.2. The Morgan fingerprint density at radius 2 is 1.63 bits per heavy atom. The Hall–Kier alpha value is -4.00. The van der Waals surface area contributed by atoms with E-state index in [2.05, 4.69) is 25.7 Å². The minimum atomic E-state index is -0.396. The van der Waals surface area contributed by atoms with Crippen molar-refractivity contribution in [3.63, 3.8) is 0 Å². The van der Waals surface area contributed by atoms with Gasteiger partial charge in [0.15, 0.2) is 0 Å². The van der Waals surface area contributed by atoms with E-state index in [1.54, 1.807) is 41.5 Å². The average molecular weight is 356 g/mol. The molecule has 0 radical (unpaired) electrons. The molecule has 0 aliphatic heterocycles. The minimum Gasteiger partial charge on any atom is -0.292 e. The number of carbonyl (C=O) groups is 1. The van der Waals surface area contributed by atoms with E-state index in [4.69, 9.17) is 0 Å². The molecule has 7 heteroatoms. The number of amides is 2. The fraction of sp³-hybridized carbons (Fsp3) is 0. The molecule has 0 atom stereocenters. The predicted molar refractivity (Wildman–Crippen MR) is 104 cm³/mol. The molecule has 0 bridgehead atoms. The Morgan fingerprint density at radius 1 is 0.852 bits per heavy atom. The Labute approximate surface area is 155 Å². The molecule has 7 nitrogen and oxygen atoms in total. The van der Waals surface area contributed by atoms with Gasteiger partial charge >= 0.3 is 6.03 Å². The number of nitrogens with one attached hydrogen (secondary N) is 2. The summed E-state index contributed by atoms with van der Waals surface area (Å²) in [6.07, 6.45) is 5.03. The number of pyridine rings is 2. The van der Waals surface area contributed by atoms with Crippen molar-refractivity contribution in [1.82, 2.24) is 19.7 Å². The molecule has 2 amide bonds. The Morgan fingerprint density at radius 3 is 2.37 bits per heavy atom. The fourth-order valence-corrected chi connectivity index (χ4v) is 2.60. The van der Waals surface area contributed by atoms with Gasteiger partial charge in [-0.05, 0) is 36.4 Å². The van der Waals surface area contributed by atoms with Crippen molar-refractivity contribution in [2.45, 2.75) is 0 Å². The van der Waals surface area contributed by atoms with Crippen LogP contribution >= 0.6 is 0 Å². The minimum absolute atomic E-state index is 0.396. The third-order valence-corrected chi connectivity index (χ3v) is 3.83. The van der Waals surface area contributed by atoms with Gasteiger partial charge in [-0.15, -0.1) is 0 Å². The molecule has 0 aliphatic carbocycles. The quantitative estimate of drug-likeness (QED) is 0.579. The molecule has 0 spiro atoms. The number of urea groups is 1. The monoisotopic (exact) mass is 356 g/mol.